The average molecular weight is 353 g/mol. The molecule has 0 saturated carbocycles. The van der Waals surface area contributed by atoms with Crippen LogP contribution >= 0.6 is 0 Å². The monoisotopic (exact) mass is 353 g/mol. The molecule has 0 spiro atoms. The lowest BCUT2D eigenvalue weighted by Gasteiger charge is -2.37. The number of amidine groups is 1. The molecule has 0 atom stereocenters. The minimum atomic E-state index is -0.454. The molecular weight excluding hydrogens is 334 g/mol. The van der Waals surface area contributed by atoms with E-state index in [2.05, 4.69) is 10.1 Å². The first-order valence-corrected chi connectivity index (χ1v) is 8.63. The Bertz CT molecular complexity index is 874. The van der Waals surface area contributed by atoms with Crippen LogP contribution in [-0.4, -0.2) is 58.8 Å². The van der Waals surface area contributed by atoms with E-state index < -0.39 is 5.97 Å². The zero-order valence-corrected chi connectivity index (χ0v) is 14.5. The first-order valence-electron chi connectivity index (χ1n) is 8.63. The van der Waals surface area contributed by atoms with Crippen LogP contribution in [0.25, 0.3) is 5.69 Å². The molecule has 1 aromatic carbocycles. The quantitative estimate of drug-likeness (QED) is 0.786. The van der Waals surface area contributed by atoms with Crippen molar-refractivity contribution in [3.8, 4) is 5.69 Å². The summed E-state index contributed by atoms with van der Waals surface area (Å²) in [4.78, 5) is 32.7. The topological polar surface area (TPSA) is 80.0 Å². The maximum atomic E-state index is 13.1. The lowest BCUT2D eigenvalue weighted by Crippen LogP contribution is -2.54. The van der Waals surface area contributed by atoms with Gasteiger partial charge in [0.25, 0.3) is 0 Å². The van der Waals surface area contributed by atoms with E-state index in [9.17, 15) is 9.59 Å². The summed E-state index contributed by atoms with van der Waals surface area (Å²) in [6, 6.07) is 9.22. The van der Waals surface area contributed by atoms with Gasteiger partial charge in [-0.2, -0.15) is 5.10 Å². The molecule has 3 heterocycles. The van der Waals surface area contributed by atoms with E-state index in [-0.39, 0.29) is 19.2 Å². The van der Waals surface area contributed by atoms with Crippen molar-refractivity contribution >= 4 is 23.7 Å². The van der Waals surface area contributed by atoms with E-state index in [0.717, 1.165) is 17.7 Å². The number of para-hydroxylation sites is 1. The second-order valence-corrected chi connectivity index (χ2v) is 6.01. The number of nitrogens with zero attached hydrogens (tertiary/aromatic N) is 5. The van der Waals surface area contributed by atoms with E-state index >= 15 is 0 Å². The van der Waals surface area contributed by atoms with Gasteiger partial charge in [-0.05, 0) is 25.5 Å². The number of anilines is 1. The molecule has 0 N–H and O–H groups in total. The lowest BCUT2D eigenvalue weighted by atomic mass is 10.1. The molecular formula is C18H19N5O3. The highest BCUT2D eigenvalue weighted by Crippen LogP contribution is 2.32. The SMILES string of the molecule is CCOC(=O)CN1C(=O)N2CCCN=C2c2cnn(-c3ccccc3)c21. The third-order valence-electron chi connectivity index (χ3n) is 4.35. The number of carbonyl (C=O) groups is 2. The van der Waals surface area contributed by atoms with Crippen LogP contribution in [0, 0.1) is 0 Å². The highest BCUT2D eigenvalue weighted by Gasteiger charge is 2.40. The Morgan fingerprint density at radius 2 is 2.08 bits per heavy atom. The molecule has 0 fully saturated rings. The molecule has 0 radical (unpaired) electrons. The fourth-order valence-corrected chi connectivity index (χ4v) is 3.25. The highest BCUT2D eigenvalue weighted by atomic mass is 16.5. The number of aliphatic imine (C=N–C) groups is 1. The van der Waals surface area contributed by atoms with Crippen LogP contribution < -0.4 is 4.90 Å². The summed E-state index contributed by atoms with van der Waals surface area (Å²) in [5.74, 6) is 0.717. The third-order valence-corrected chi connectivity index (χ3v) is 4.35. The molecule has 0 saturated heterocycles. The van der Waals surface area contributed by atoms with E-state index in [1.54, 1.807) is 22.7 Å². The van der Waals surface area contributed by atoms with Crippen molar-refractivity contribution in [1.82, 2.24) is 14.7 Å². The van der Waals surface area contributed by atoms with Crippen molar-refractivity contribution in [1.29, 1.82) is 0 Å². The van der Waals surface area contributed by atoms with Gasteiger partial charge in [-0.15, -0.1) is 0 Å². The number of amides is 2. The Morgan fingerprint density at radius 3 is 2.85 bits per heavy atom. The Hall–Kier alpha value is -3.16. The molecule has 0 unspecified atom stereocenters. The molecule has 8 heteroatoms. The summed E-state index contributed by atoms with van der Waals surface area (Å²) in [6.07, 6.45) is 2.49. The smallest absolute Gasteiger partial charge is 0.331 e. The number of urea groups is 1. The number of hydrogen-bond acceptors (Lipinski definition) is 5. The summed E-state index contributed by atoms with van der Waals surface area (Å²) < 4.78 is 6.72. The predicted molar refractivity (Wildman–Crippen MR) is 95.7 cm³/mol. The summed E-state index contributed by atoms with van der Waals surface area (Å²) >= 11 is 0. The molecule has 0 bridgehead atoms. The van der Waals surface area contributed by atoms with E-state index in [1.807, 2.05) is 30.3 Å². The molecule has 2 aromatic rings. The van der Waals surface area contributed by atoms with Crippen LogP contribution in [0.15, 0.2) is 41.5 Å². The van der Waals surface area contributed by atoms with E-state index in [0.29, 0.717) is 24.7 Å². The molecule has 0 aliphatic carbocycles. The van der Waals surface area contributed by atoms with Gasteiger partial charge in [0.1, 0.15) is 12.4 Å². The van der Waals surface area contributed by atoms with Crippen LogP contribution in [0.4, 0.5) is 10.6 Å². The summed E-state index contributed by atoms with van der Waals surface area (Å²) in [5, 5.41) is 4.46. The number of benzene rings is 1. The normalized spacial score (nSPS) is 16.0. The van der Waals surface area contributed by atoms with Crippen molar-refractivity contribution in [2.75, 3.05) is 31.1 Å². The number of carbonyl (C=O) groups excluding carboxylic acids is 2. The van der Waals surface area contributed by atoms with Gasteiger partial charge in [0.15, 0.2) is 5.82 Å². The lowest BCUT2D eigenvalue weighted by molar-refractivity contribution is -0.141. The number of esters is 1. The van der Waals surface area contributed by atoms with Crippen molar-refractivity contribution in [3.05, 3.63) is 42.1 Å². The maximum Gasteiger partial charge on any atom is 0.331 e. The molecule has 1 aromatic heterocycles. The number of fused-ring (bicyclic) bond motifs is 3. The van der Waals surface area contributed by atoms with Crippen molar-refractivity contribution in [2.45, 2.75) is 13.3 Å². The number of hydrogen-bond donors (Lipinski definition) is 0. The summed E-state index contributed by atoms with van der Waals surface area (Å²) in [7, 11) is 0. The summed E-state index contributed by atoms with van der Waals surface area (Å²) in [6.45, 7) is 3.09. The maximum absolute atomic E-state index is 13.1. The predicted octanol–water partition coefficient (Wildman–Crippen LogP) is 1.83. The number of rotatable bonds is 4. The molecule has 2 aliphatic rings. The fourth-order valence-electron chi connectivity index (χ4n) is 3.25. The Morgan fingerprint density at radius 1 is 1.27 bits per heavy atom. The van der Waals surface area contributed by atoms with Gasteiger partial charge in [-0.25, -0.2) is 9.48 Å². The Balaban J connectivity index is 1.84. The fraction of sp³-hybridized carbons (Fsp3) is 0.333. The first kappa shape index (κ1) is 16.3. The summed E-state index contributed by atoms with van der Waals surface area (Å²) in [5.41, 5.74) is 1.55. The van der Waals surface area contributed by atoms with Crippen LogP contribution in [0.3, 0.4) is 0 Å². The highest BCUT2D eigenvalue weighted by molar-refractivity contribution is 6.19. The Kier molecular flexibility index (Phi) is 4.16. The number of aromatic nitrogens is 2. The van der Waals surface area contributed by atoms with Crippen molar-refractivity contribution in [3.63, 3.8) is 0 Å². The molecule has 4 rings (SSSR count). The minimum absolute atomic E-state index is 0.165. The van der Waals surface area contributed by atoms with Gasteiger partial charge >= 0.3 is 12.0 Å². The van der Waals surface area contributed by atoms with E-state index in [1.165, 1.54) is 4.90 Å². The zero-order chi connectivity index (χ0) is 18.1. The van der Waals surface area contributed by atoms with Crippen LogP contribution in [0.2, 0.25) is 0 Å². The minimum Gasteiger partial charge on any atom is -0.465 e. The van der Waals surface area contributed by atoms with Crippen LogP contribution in [-0.2, 0) is 9.53 Å². The molecule has 8 nitrogen and oxygen atoms in total. The second kappa shape index (κ2) is 6.62. The first-order chi connectivity index (χ1) is 12.7. The van der Waals surface area contributed by atoms with Crippen molar-refractivity contribution < 1.29 is 14.3 Å². The standard InChI is InChI=1S/C18H19N5O3/c1-2-26-15(24)12-22-17-14(16-19-9-6-10-21(16)18(22)25)11-20-23(17)13-7-4-3-5-8-13/h3-5,7-8,11H,2,6,9-10,12H2,1H3. The second-order valence-electron chi connectivity index (χ2n) is 6.01. The third kappa shape index (κ3) is 2.63. The van der Waals surface area contributed by atoms with Gasteiger partial charge in [0, 0.05) is 13.1 Å². The van der Waals surface area contributed by atoms with E-state index in [4.69, 9.17) is 4.74 Å². The molecule has 2 amide bonds. The average Bonchev–Trinajstić information content (AvgIpc) is 3.11. The Labute approximate surface area is 150 Å². The van der Waals surface area contributed by atoms with Gasteiger partial charge in [0.2, 0.25) is 0 Å². The van der Waals surface area contributed by atoms with Gasteiger partial charge in [-0.1, -0.05) is 18.2 Å². The van der Waals surface area contributed by atoms with Crippen molar-refractivity contribution in [2.24, 2.45) is 4.99 Å². The molecule has 134 valence electrons. The zero-order valence-electron chi connectivity index (χ0n) is 14.5. The largest absolute Gasteiger partial charge is 0.465 e. The van der Waals surface area contributed by atoms with Gasteiger partial charge in [-0.3, -0.25) is 19.6 Å². The molecule has 26 heavy (non-hydrogen) atoms. The number of ether oxygens (including phenoxy) is 1. The van der Waals surface area contributed by atoms with Crippen LogP contribution in [0.5, 0.6) is 0 Å². The van der Waals surface area contributed by atoms with Gasteiger partial charge < -0.3 is 4.74 Å². The molecule has 2 aliphatic heterocycles. The van der Waals surface area contributed by atoms with Crippen LogP contribution in [0.1, 0.15) is 18.9 Å². The van der Waals surface area contributed by atoms with Gasteiger partial charge in [0.05, 0.1) is 24.1 Å².